The minimum atomic E-state index is -0.0221. The fraction of sp³-hybridized carbons (Fsp3) is 0.722. The molecule has 1 aliphatic carbocycles. The van der Waals surface area contributed by atoms with Crippen LogP contribution in [0.1, 0.15) is 49.3 Å². The van der Waals surface area contributed by atoms with Gasteiger partial charge in [0, 0.05) is 37.9 Å². The Labute approximate surface area is 144 Å². The summed E-state index contributed by atoms with van der Waals surface area (Å²) >= 11 is 0. The maximum absolute atomic E-state index is 12.9. The topological polar surface area (TPSA) is 75.4 Å². The summed E-state index contributed by atoms with van der Waals surface area (Å²) in [6, 6.07) is 2.15. The third-order valence-electron chi connectivity index (χ3n) is 5.09. The fourth-order valence-corrected chi connectivity index (χ4v) is 3.60. The highest BCUT2D eigenvalue weighted by atomic mass is 16.2. The Hall–Kier alpha value is -1.69. The second-order valence-corrected chi connectivity index (χ2v) is 7.61. The average molecular weight is 331 g/mol. The van der Waals surface area contributed by atoms with Crippen molar-refractivity contribution in [3.8, 4) is 0 Å². The van der Waals surface area contributed by atoms with Gasteiger partial charge in [-0.1, -0.05) is 13.8 Å². The molecule has 1 saturated heterocycles. The lowest BCUT2D eigenvalue weighted by Crippen LogP contribution is -2.46. The summed E-state index contributed by atoms with van der Waals surface area (Å²) in [7, 11) is 0. The van der Waals surface area contributed by atoms with Gasteiger partial charge in [-0.25, -0.2) is 9.97 Å². The summed E-state index contributed by atoms with van der Waals surface area (Å²) in [6.45, 7) is 10.2. The van der Waals surface area contributed by atoms with Crippen molar-refractivity contribution in [2.75, 3.05) is 31.9 Å². The van der Waals surface area contributed by atoms with Gasteiger partial charge in [0.1, 0.15) is 5.69 Å². The van der Waals surface area contributed by atoms with Crippen LogP contribution >= 0.6 is 0 Å². The molecule has 0 radical (unpaired) electrons. The molecule has 2 N–H and O–H groups in total. The standard InChI is InChI=1S/C18H29N5O/c1-12(2)16-11-23(8-4-7-22(16)10-14-5-6-14)17(24)15-9-13(3)20-18(19)21-15/h9,12,14,16H,4-8,10-11H2,1-3H3,(H2,19,20,21)/t16-/m0/s1. The first kappa shape index (κ1) is 17.1. The Morgan fingerprint density at radius 2 is 2.08 bits per heavy atom. The van der Waals surface area contributed by atoms with Gasteiger partial charge in [-0.3, -0.25) is 9.69 Å². The van der Waals surface area contributed by atoms with E-state index in [1.54, 1.807) is 6.07 Å². The second-order valence-electron chi connectivity index (χ2n) is 7.61. The third-order valence-corrected chi connectivity index (χ3v) is 5.09. The first-order valence-electron chi connectivity index (χ1n) is 9.08. The van der Waals surface area contributed by atoms with Crippen LogP contribution in [0.3, 0.4) is 0 Å². The number of hydrogen-bond acceptors (Lipinski definition) is 5. The smallest absolute Gasteiger partial charge is 0.272 e. The van der Waals surface area contributed by atoms with E-state index in [2.05, 4.69) is 28.7 Å². The van der Waals surface area contributed by atoms with E-state index in [1.165, 1.54) is 19.4 Å². The second kappa shape index (κ2) is 7.05. The molecule has 0 spiro atoms. The van der Waals surface area contributed by atoms with E-state index in [0.717, 1.165) is 37.7 Å². The zero-order valence-corrected chi connectivity index (χ0v) is 15.0. The highest BCUT2D eigenvalue weighted by Gasteiger charge is 2.33. The molecule has 2 fully saturated rings. The average Bonchev–Trinajstić information content (AvgIpc) is 3.33. The highest BCUT2D eigenvalue weighted by molar-refractivity contribution is 5.92. The number of carbonyl (C=O) groups excluding carboxylic acids is 1. The van der Waals surface area contributed by atoms with E-state index >= 15 is 0 Å². The molecule has 1 aliphatic heterocycles. The van der Waals surface area contributed by atoms with E-state index < -0.39 is 0 Å². The van der Waals surface area contributed by atoms with Gasteiger partial charge in [-0.05, 0) is 44.1 Å². The number of aryl methyl sites for hydroxylation is 1. The zero-order chi connectivity index (χ0) is 17.3. The third kappa shape index (κ3) is 4.04. The molecule has 3 rings (SSSR count). The molecule has 2 heterocycles. The number of carbonyl (C=O) groups is 1. The molecule has 2 aliphatic rings. The van der Waals surface area contributed by atoms with Crippen molar-refractivity contribution in [2.45, 2.75) is 46.1 Å². The molecular weight excluding hydrogens is 302 g/mol. The van der Waals surface area contributed by atoms with Crippen LogP contribution in [0.5, 0.6) is 0 Å². The van der Waals surface area contributed by atoms with Crippen LogP contribution in [0.2, 0.25) is 0 Å². The summed E-state index contributed by atoms with van der Waals surface area (Å²) in [5.74, 6) is 1.54. The number of aromatic nitrogens is 2. The van der Waals surface area contributed by atoms with Gasteiger partial charge in [0.05, 0.1) is 0 Å². The normalized spacial score (nSPS) is 22.7. The Morgan fingerprint density at radius 3 is 2.71 bits per heavy atom. The Balaban J connectivity index is 1.76. The van der Waals surface area contributed by atoms with Crippen molar-refractivity contribution in [3.63, 3.8) is 0 Å². The number of hydrogen-bond donors (Lipinski definition) is 1. The number of anilines is 1. The molecule has 6 nitrogen and oxygen atoms in total. The summed E-state index contributed by atoms with van der Waals surface area (Å²) in [5, 5.41) is 0. The van der Waals surface area contributed by atoms with Crippen molar-refractivity contribution in [1.29, 1.82) is 0 Å². The summed E-state index contributed by atoms with van der Waals surface area (Å²) in [6.07, 6.45) is 3.74. The van der Waals surface area contributed by atoms with Gasteiger partial charge in [0.15, 0.2) is 0 Å². The molecule has 132 valence electrons. The van der Waals surface area contributed by atoms with Gasteiger partial charge < -0.3 is 10.6 Å². The van der Waals surface area contributed by atoms with Gasteiger partial charge in [-0.2, -0.15) is 0 Å². The molecule has 6 heteroatoms. The molecule has 1 atom stereocenters. The molecule has 0 unspecified atom stereocenters. The molecule has 0 aromatic carbocycles. The monoisotopic (exact) mass is 331 g/mol. The quantitative estimate of drug-likeness (QED) is 0.912. The Bertz CT molecular complexity index is 579. The van der Waals surface area contributed by atoms with Crippen molar-refractivity contribution in [2.24, 2.45) is 11.8 Å². The maximum atomic E-state index is 12.9. The number of nitrogens with zero attached hydrogens (tertiary/aromatic N) is 4. The Kier molecular flexibility index (Phi) is 5.04. The minimum absolute atomic E-state index is 0.0221. The van der Waals surface area contributed by atoms with E-state index in [0.29, 0.717) is 17.7 Å². The van der Waals surface area contributed by atoms with E-state index in [-0.39, 0.29) is 11.9 Å². The van der Waals surface area contributed by atoms with Crippen LogP contribution in [-0.2, 0) is 0 Å². The number of nitrogen functional groups attached to an aromatic ring is 1. The molecular formula is C18H29N5O. The van der Waals surface area contributed by atoms with Crippen molar-refractivity contribution in [1.82, 2.24) is 19.8 Å². The molecule has 24 heavy (non-hydrogen) atoms. The summed E-state index contributed by atoms with van der Waals surface area (Å²) in [5.41, 5.74) is 6.86. The Morgan fingerprint density at radius 1 is 1.33 bits per heavy atom. The SMILES string of the molecule is Cc1cc(C(=O)N2CCCN(CC3CC3)[C@H](C(C)C)C2)nc(N)n1. The molecule has 1 aromatic rings. The molecule has 1 saturated carbocycles. The zero-order valence-electron chi connectivity index (χ0n) is 15.0. The van der Waals surface area contributed by atoms with Crippen LogP contribution < -0.4 is 5.73 Å². The van der Waals surface area contributed by atoms with Crippen LogP contribution in [0.15, 0.2) is 6.07 Å². The highest BCUT2D eigenvalue weighted by Crippen LogP contribution is 2.32. The predicted octanol–water partition coefficient (Wildman–Crippen LogP) is 1.95. The lowest BCUT2D eigenvalue weighted by molar-refractivity contribution is 0.0698. The largest absolute Gasteiger partial charge is 0.368 e. The number of rotatable bonds is 4. The van der Waals surface area contributed by atoms with Crippen molar-refractivity contribution >= 4 is 11.9 Å². The minimum Gasteiger partial charge on any atom is -0.368 e. The summed E-state index contributed by atoms with van der Waals surface area (Å²) < 4.78 is 0. The molecule has 0 bridgehead atoms. The predicted molar refractivity (Wildman–Crippen MR) is 94.6 cm³/mol. The first-order valence-corrected chi connectivity index (χ1v) is 9.08. The van der Waals surface area contributed by atoms with Crippen LogP contribution in [-0.4, -0.2) is 57.9 Å². The van der Waals surface area contributed by atoms with E-state index in [9.17, 15) is 4.79 Å². The number of amides is 1. The number of nitrogens with two attached hydrogens (primary N) is 1. The van der Waals surface area contributed by atoms with Gasteiger partial charge in [0.25, 0.3) is 5.91 Å². The van der Waals surface area contributed by atoms with Crippen LogP contribution in [0.4, 0.5) is 5.95 Å². The molecule has 1 amide bonds. The fourth-order valence-electron chi connectivity index (χ4n) is 3.60. The lowest BCUT2D eigenvalue weighted by atomic mass is 10.0. The van der Waals surface area contributed by atoms with Gasteiger partial charge in [0.2, 0.25) is 5.95 Å². The first-order chi connectivity index (χ1) is 11.4. The maximum Gasteiger partial charge on any atom is 0.272 e. The van der Waals surface area contributed by atoms with Gasteiger partial charge in [-0.15, -0.1) is 0 Å². The van der Waals surface area contributed by atoms with E-state index in [4.69, 9.17) is 5.73 Å². The van der Waals surface area contributed by atoms with Crippen molar-refractivity contribution < 1.29 is 4.79 Å². The van der Waals surface area contributed by atoms with Gasteiger partial charge >= 0.3 is 0 Å². The lowest BCUT2D eigenvalue weighted by Gasteiger charge is -2.34. The van der Waals surface area contributed by atoms with E-state index in [1.807, 2.05) is 11.8 Å². The van der Waals surface area contributed by atoms with Crippen molar-refractivity contribution in [3.05, 3.63) is 17.5 Å². The van der Waals surface area contributed by atoms with Crippen LogP contribution in [0, 0.1) is 18.8 Å². The van der Waals surface area contributed by atoms with Crippen LogP contribution in [0.25, 0.3) is 0 Å². The molecule has 1 aromatic heterocycles. The summed E-state index contributed by atoms with van der Waals surface area (Å²) in [4.78, 5) is 25.7.